The Labute approximate surface area is 124 Å². The van der Waals surface area contributed by atoms with Crippen molar-refractivity contribution in [2.75, 3.05) is 5.73 Å². The van der Waals surface area contributed by atoms with Crippen molar-refractivity contribution in [2.45, 2.75) is 13.8 Å². The van der Waals surface area contributed by atoms with Gasteiger partial charge in [-0.1, -0.05) is 19.9 Å². The molecule has 0 saturated carbocycles. The first-order valence-corrected chi connectivity index (χ1v) is 6.89. The highest BCUT2D eigenvalue weighted by Crippen LogP contribution is 2.33. The van der Waals surface area contributed by atoms with Gasteiger partial charge in [-0.15, -0.1) is 0 Å². The van der Waals surface area contributed by atoms with Crippen LogP contribution in [0.2, 0.25) is 0 Å². The molecule has 0 aliphatic rings. The lowest BCUT2D eigenvalue weighted by atomic mass is 10.1. The number of aromatic hydroxyl groups is 1. The van der Waals surface area contributed by atoms with Gasteiger partial charge in [0.1, 0.15) is 17.9 Å². The molecule has 3 rings (SSSR count). The van der Waals surface area contributed by atoms with Gasteiger partial charge in [0.25, 0.3) is 0 Å². The first-order chi connectivity index (χ1) is 9.66. The van der Waals surface area contributed by atoms with Crippen LogP contribution in [0.15, 0.2) is 29.0 Å². The highest BCUT2D eigenvalue weighted by Gasteiger charge is 2.13. The van der Waals surface area contributed by atoms with Crippen molar-refractivity contribution >= 4 is 32.8 Å². The predicted octanol–water partition coefficient (Wildman–Crippen LogP) is 3.10. The number of halogens is 1. The van der Waals surface area contributed by atoms with E-state index in [-0.39, 0.29) is 5.75 Å². The summed E-state index contributed by atoms with van der Waals surface area (Å²) in [4.78, 5) is 7.96. The number of nitrogens with zero attached hydrogens (tertiary/aromatic N) is 3. The quantitative estimate of drug-likeness (QED) is 0.634. The van der Waals surface area contributed by atoms with E-state index in [4.69, 9.17) is 5.73 Å². The second-order valence-corrected chi connectivity index (χ2v) is 4.58. The number of fused-ring (bicyclic) bond motifs is 1. The molecule has 0 saturated heterocycles. The van der Waals surface area contributed by atoms with Crippen molar-refractivity contribution in [1.82, 2.24) is 20.2 Å². The van der Waals surface area contributed by atoms with Gasteiger partial charge in [0.15, 0.2) is 5.65 Å². The van der Waals surface area contributed by atoms with Crippen LogP contribution in [0.25, 0.3) is 22.3 Å². The number of benzene rings is 1. The Bertz CT molecular complexity index is 741. The zero-order valence-corrected chi connectivity index (χ0v) is 12.6. The van der Waals surface area contributed by atoms with Crippen LogP contribution < -0.4 is 5.73 Å². The maximum atomic E-state index is 9.70. The Hall–Kier alpha value is -2.15. The second-order valence-electron chi connectivity index (χ2n) is 3.72. The monoisotopic (exact) mass is 335 g/mol. The zero-order chi connectivity index (χ0) is 14.7. The summed E-state index contributed by atoms with van der Waals surface area (Å²) in [7, 11) is 0. The lowest BCUT2D eigenvalue weighted by Gasteiger charge is -2.02. The molecule has 7 heteroatoms. The number of aromatic amines is 1. The standard InChI is InChI=1S/C11H8BrN5O.C2H6/c12-6-2-1-5(3-7(6)18)9-8-10(13)14-4-15-11(8)17-16-9;1-2/h1-4,18H,(H3,13,14,15,16,17);1-2H3. The van der Waals surface area contributed by atoms with Gasteiger partial charge in [0.05, 0.1) is 15.6 Å². The minimum absolute atomic E-state index is 0.144. The van der Waals surface area contributed by atoms with Crippen molar-refractivity contribution in [3.63, 3.8) is 0 Å². The second kappa shape index (κ2) is 5.87. The van der Waals surface area contributed by atoms with Gasteiger partial charge in [-0.05, 0) is 28.1 Å². The Kier molecular flexibility index (Phi) is 4.19. The van der Waals surface area contributed by atoms with Crippen LogP contribution in [-0.2, 0) is 0 Å². The van der Waals surface area contributed by atoms with E-state index in [0.717, 1.165) is 5.56 Å². The Morgan fingerprint density at radius 2 is 2.00 bits per heavy atom. The fourth-order valence-electron chi connectivity index (χ4n) is 1.76. The SMILES string of the molecule is CC.Nc1ncnc2n[nH]c(-c3ccc(Br)c(O)c3)c12. The minimum Gasteiger partial charge on any atom is -0.507 e. The van der Waals surface area contributed by atoms with Crippen LogP contribution in [-0.4, -0.2) is 25.3 Å². The minimum atomic E-state index is 0.144. The van der Waals surface area contributed by atoms with Crippen LogP contribution in [0.5, 0.6) is 5.75 Å². The summed E-state index contributed by atoms with van der Waals surface area (Å²) in [5, 5.41) is 17.3. The molecule has 0 bridgehead atoms. The summed E-state index contributed by atoms with van der Waals surface area (Å²) in [6, 6.07) is 5.20. The third kappa shape index (κ3) is 2.44. The lowest BCUT2D eigenvalue weighted by molar-refractivity contribution is 0.472. The van der Waals surface area contributed by atoms with E-state index < -0.39 is 0 Å². The Morgan fingerprint density at radius 3 is 2.70 bits per heavy atom. The Morgan fingerprint density at radius 1 is 1.25 bits per heavy atom. The summed E-state index contributed by atoms with van der Waals surface area (Å²) in [5.74, 6) is 0.497. The highest BCUT2D eigenvalue weighted by molar-refractivity contribution is 9.10. The summed E-state index contributed by atoms with van der Waals surface area (Å²) >= 11 is 3.23. The molecular weight excluding hydrogens is 322 g/mol. The number of rotatable bonds is 1. The number of H-pyrrole nitrogens is 1. The summed E-state index contributed by atoms with van der Waals surface area (Å²) in [5.41, 5.74) is 7.77. The van der Waals surface area contributed by atoms with Crippen molar-refractivity contribution in [2.24, 2.45) is 0 Å². The predicted molar refractivity (Wildman–Crippen MR) is 82.2 cm³/mol. The van der Waals surface area contributed by atoms with Gasteiger partial charge >= 0.3 is 0 Å². The number of anilines is 1. The van der Waals surface area contributed by atoms with E-state index >= 15 is 0 Å². The molecule has 20 heavy (non-hydrogen) atoms. The van der Waals surface area contributed by atoms with Crippen LogP contribution in [0.3, 0.4) is 0 Å². The molecule has 0 spiro atoms. The molecule has 3 aromatic rings. The van der Waals surface area contributed by atoms with Gasteiger partial charge < -0.3 is 10.8 Å². The van der Waals surface area contributed by atoms with Crippen LogP contribution in [0.1, 0.15) is 13.8 Å². The maximum absolute atomic E-state index is 9.70. The molecule has 0 aliphatic carbocycles. The normalized spacial score (nSPS) is 10.2. The lowest BCUT2D eigenvalue weighted by Crippen LogP contribution is -1.92. The number of nitrogens with one attached hydrogen (secondary N) is 1. The van der Waals surface area contributed by atoms with Gasteiger partial charge in [-0.3, -0.25) is 5.10 Å². The van der Waals surface area contributed by atoms with Gasteiger partial charge in [0.2, 0.25) is 0 Å². The van der Waals surface area contributed by atoms with Crippen molar-refractivity contribution in [3.05, 3.63) is 29.0 Å². The van der Waals surface area contributed by atoms with E-state index in [1.165, 1.54) is 6.33 Å². The molecule has 2 heterocycles. The average molecular weight is 336 g/mol. The summed E-state index contributed by atoms with van der Waals surface area (Å²) in [6.07, 6.45) is 1.36. The number of phenolic OH excluding ortho intramolecular Hbond substituents is 1. The molecule has 0 amide bonds. The zero-order valence-electron chi connectivity index (χ0n) is 11.1. The van der Waals surface area contributed by atoms with Crippen molar-refractivity contribution in [1.29, 1.82) is 0 Å². The van der Waals surface area contributed by atoms with Crippen molar-refractivity contribution < 1.29 is 5.11 Å². The molecule has 0 unspecified atom stereocenters. The number of nitrogens with two attached hydrogens (primary N) is 1. The van der Waals surface area contributed by atoms with E-state index in [2.05, 4.69) is 36.1 Å². The molecule has 4 N–H and O–H groups in total. The maximum Gasteiger partial charge on any atom is 0.186 e. The van der Waals surface area contributed by atoms with Crippen LogP contribution in [0.4, 0.5) is 5.82 Å². The number of aromatic nitrogens is 4. The third-order valence-electron chi connectivity index (χ3n) is 2.62. The fraction of sp³-hybridized carbons (Fsp3) is 0.154. The van der Waals surface area contributed by atoms with Crippen LogP contribution >= 0.6 is 15.9 Å². The molecule has 6 nitrogen and oxygen atoms in total. The van der Waals surface area contributed by atoms with Gasteiger partial charge in [0, 0.05) is 5.56 Å². The fourth-order valence-corrected chi connectivity index (χ4v) is 2.00. The molecule has 0 aliphatic heterocycles. The molecule has 2 aromatic heterocycles. The topological polar surface area (TPSA) is 101 Å². The summed E-state index contributed by atoms with van der Waals surface area (Å²) < 4.78 is 0.624. The van der Waals surface area contributed by atoms with Gasteiger partial charge in [-0.25, -0.2) is 9.97 Å². The van der Waals surface area contributed by atoms with E-state index in [0.29, 0.717) is 27.0 Å². The first kappa shape index (κ1) is 14.3. The van der Waals surface area contributed by atoms with Crippen LogP contribution in [0, 0.1) is 0 Å². The largest absolute Gasteiger partial charge is 0.507 e. The van der Waals surface area contributed by atoms with Crippen molar-refractivity contribution in [3.8, 4) is 17.0 Å². The molecule has 0 radical (unpaired) electrons. The molecule has 0 atom stereocenters. The smallest absolute Gasteiger partial charge is 0.186 e. The molecule has 0 fully saturated rings. The van der Waals surface area contributed by atoms with Gasteiger partial charge in [-0.2, -0.15) is 5.10 Å². The first-order valence-electron chi connectivity index (χ1n) is 6.10. The molecule has 1 aromatic carbocycles. The van der Waals surface area contributed by atoms with E-state index in [9.17, 15) is 5.11 Å². The molecule has 104 valence electrons. The number of hydrogen-bond donors (Lipinski definition) is 3. The molecular formula is C13H14BrN5O. The van der Waals surface area contributed by atoms with E-state index in [1.54, 1.807) is 12.1 Å². The van der Waals surface area contributed by atoms with E-state index in [1.807, 2.05) is 19.9 Å². The average Bonchev–Trinajstić information content (AvgIpc) is 2.89. The third-order valence-corrected chi connectivity index (χ3v) is 3.29. The Balaban J connectivity index is 0.000000704. The number of nitrogen functional groups attached to an aromatic ring is 1. The number of hydrogen-bond acceptors (Lipinski definition) is 5. The highest BCUT2D eigenvalue weighted by atomic mass is 79.9. The number of phenols is 1. The summed E-state index contributed by atoms with van der Waals surface area (Å²) in [6.45, 7) is 4.00.